The number of rotatable bonds is 5. The monoisotopic (exact) mass is 271 g/mol. The summed E-state index contributed by atoms with van der Waals surface area (Å²) >= 11 is 0. The summed E-state index contributed by atoms with van der Waals surface area (Å²) in [5, 5.41) is 11.7. The smallest absolute Gasteiger partial charge is 0.360 e. The maximum absolute atomic E-state index is 11.4. The van der Waals surface area contributed by atoms with Gasteiger partial charge in [-0.3, -0.25) is 0 Å². The molecular weight excluding hydrogens is 258 g/mol. The first kappa shape index (κ1) is 13.6. The van der Waals surface area contributed by atoms with Crippen LogP contribution in [0.25, 0.3) is 0 Å². The van der Waals surface area contributed by atoms with Crippen LogP contribution in [0.3, 0.4) is 0 Å². The van der Waals surface area contributed by atoms with Gasteiger partial charge < -0.3 is 14.5 Å². The second-order valence-corrected chi connectivity index (χ2v) is 3.92. The van der Waals surface area contributed by atoms with Crippen molar-refractivity contribution in [3.63, 3.8) is 0 Å². The molecule has 0 saturated carbocycles. The number of nitrogens with zero attached hydrogens (tertiary/aromatic N) is 2. The number of hydrogen-bond donors (Lipinski definition) is 1. The number of benzene rings is 1. The van der Waals surface area contributed by atoms with Gasteiger partial charge in [-0.25, -0.2) is 4.79 Å². The highest BCUT2D eigenvalue weighted by atomic mass is 16.5. The van der Waals surface area contributed by atoms with Crippen molar-refractivity contribution in [2.75, 3.05) is 11.9 Å². The number of carbonyl (C=O) groups is 1. The molecule has 20 heavy (non-hydrogen) atoms. The average molecular weight is 271 g/mol. The Kier molecular flexibility index (Phi) is 4.35. The van der Waals surface area contributed by atoms with Gasteiger partial charge in [0.2, 0.25) is 0 Å². The zero-order chi connectivity index (χ0) is 14.4. The number of aromatic nitrogens is 1. The number of nitrogens with one attached hydrogen (secondary N) is 1. The van der Waals surface area contributed by atoms with Crippen LogP contribution < -0.4 is 5.32 Å². The van der Waals surface area contributed by atoms with E-state index in [9.17, 15) is 4.79 Å². The highest BCUT2D eigenvalue weighted by molar-refractivity contribution is 5.87. The Morgan fingerprint density at radius 3 is 3.15 bits per heavy atom. The Labute approximate surface area is 116 Å². The van der Waals surface area contributed by atoms with Crippen LogP contribution in [-0.2, 0) is 11.3 Å². The third-order valence-corrected chi connectivity index (χ3v) is 2.49. The molecule has 0 aliphatic heterocycles. The van der Waals surface area contributed by atoms with Crippen LogP contribution in [0.2, 0.25) is 0 Å². The second-order valence-electron chi connectivity index (χ2n) is 3.92. The molecule has 6 nitrogen and oxygen atoms in total. The number of carbonyl (C=O) groups excluding carboxylic acids is 1. The molecular formula is C14H13N3O3. The number of esters is 1. The highest BCUT2D eigenvalue weighted by Gasteiger charge is 2.12. The van der Waals surface area contributed by atoms with E-state index in [1.807, 2.05) is 6.07 Å². The van der Waals surface area contributed by atoms with Crippen molar-refractivity contribution in [3.8, 4) is 6.07 Å². The SMILES string of the molecule is CCOC(=O)c1coc(NCc2cccc(C#N)c2)n1. The van der Waals surface area contributed by atoms with Crippen molar-refractivity contribution in [1.29, 1.82) is 5.26 Å². The number of hydrogen-bond acceptors (Lipinski definition) is 6. The first-order valence-electron chi connectivity index (χ1n) is 6.08. The molecule has 0 aliphatic carbocycles. The van der Waals surface area contributed by atoms with E-state index in [-0.39, 0.29) is 18.3 Å². The fourth-order valence-corrected chi connectivity index (χ4v) is 1.58. The van der Waals surface area contributed by atoms with Gasteiger partial charge in [-0.2, -0.15) is 10.2 Å². The summed E-state index contributed by atoms with van der Waals surface area (Å²) in [6, 6.07) is 9.48. The summed E-state index contributed by atoms with van der Waals surface area (Å²) in [5.41, 5.74) is 1.63. The van der Waals surface area contributed by atoms with Crippen LogP contribution in [0, 0.1) is 11.3 Å². The van der Waals surface area contributed by atoms with E-state index in [2.05, 4.69) is 16.4 Å². The first-order valence-corrected chi connectivity index (χ1v) is 6.08. The van der Waals surface area contributed by atoms with Gasteiger partial charge in [0.1, 0.15) is 6.26 Å². The maximum atomic E-state index is 11.4. The van der Waals surface area contributed by atoms with E-state index in [0.717, 1.165) is 5.56 Å². The zero-order valence-electron chi connectivity index (χ0n) is 10.9. The Hall–Kier alpha value is -2.81. The maximum Gasteiger partial charge on any atom is 0.360 e. The third-order valence-electron chi connectivity index (χ3n) is 2.49. The molecule has 102 valence electrons. The Bertz CT molecular complexity index is 643. The standard InChI is InChI=1S/C14H13N3O3/c1-2-19-13(18)12-9-20-14(17-12)16-8-11-5-3-4-10(6-11)7-15/h3-6,9H,2,8H2,1H3,(H,16,17). The molecule has 0 amide bonds. The van der Waals surface area contributed by atoms with Crippen molar-refractivity contribution in [1.82, 2.24) is 4.98 Å². The molecule has 0 atom stereocenters. The van der Waals surface area contributed by atoms with Crippen molar-refractivity contribution in [3.05, 3.63) is 47.3 Å². The minimum absolute atomic E-state index is 0.125. The number of anilines is 1. The Morgan fingerprint density at radius 2 is 2.40 bits per heavy atom. The van der Waals surface area contributed by atoms with Gasteiger partial charge in [0, 0.05) is 6.54 Å². The number of oxazole rings is 1. The fourth-order valence-electron chi connectivity index (χ4n) is 1.58. The van der Waals surface area contributed by atoms with Gasteiger partial charge in [0.15, 0.2) is 5.69 Å². The quantitative estimate of drug-likeness (QED) is 0.840. The van der Waals surface area contributed by atoms with Crippen LogP contribution in [0.1, 0.15) is 28.5 Å². The van der Waals surface area contributed by atoms with Crippen LogP contribution in [0.4, 0.5) is 6.01 Å². The van der Waals surface area contributed by atoms with Gasteiger partial charge in [-0.05, 0) is 24.6 Å². The largest absolute Gasteiger partial charge is 0.461 e. The lowest BCUT2D eigenvalue weighted by Crippen LogP contribution is -2.05. The minimum Gasteiger partial charge on any atom is -0.461 e. The van der Waals surface area contributed by atoms with Gasteiger partial charge in [0.25, 0.3) is 6.01 Å². The molecule has 1 aromatic carbocycles. The Balaban J connectivity index is 1.97. The van der Waals surface area contributed by atoms with Crippen molar-refractivity contribution < 1.29 is 13.9 Å². The van der Waals surface area contributed by atoms with Crippen molar-refractivity contribution in [2.45, 2.75) is 13.5 Å². The highest BCUT2D eigenvalue weighted by Crippen LogP contribution is 2.11. The predicted molar refractivity (Wildman–Crippen MR) is 70.9 cm³/mol. The summed E-state index contributed by atoms with van der Waals surface area (Å²) in [6.45, 7) is 2.45. The topological polar surface area (TPSA) is 88.1 Å². The van der Waals surface area contributed by atoms with E-state index in [1.54, 1.807) is 25.1 Å². The van der Waals surface area contributed by atoms with Gasteiger partial charge in [0.05, 0.1) is 18.2 Å². The minimum atomic E-state index is -0.518. The molecule has 1 heterocycles. The van der Waals surface area contributed by atoms with E-state index >= 15 is 0 Å². The van der Waals surface area contributed by atoms with E-state index < -0.39 is 5.97 Å². The third kappa shape index (κ3) is 3.36. The zero-order valence-corrected chi connectivity index (χ0v) is 10.9. The summed E-state index contributed by atoms with van der Waals surface area (Å²) in [6.07, 6.45) is 1.24. The predicted octanol–water partition coefficient (Wildman–Crippen LogP) is 2.34. The van der Waals surface area contributed by atoms with Crippen LogP contribution >= 0.6 is 0 Å². The summed E-state index contributed by atoms with van der Waals surface area (Å²) in [4.78, 5) is 15.4. The number of nitriles is 1. The molecule has 0 radical (unpaired) electrons. The van der Waals surface area contributed by atoms with E-state index in [4.69, 9.17) is 14.4 Å². The lowest BCUT2D eigenvalue weighted by atomic mass is 10.1. The first-order chi connectivity index (χ1) is 9.72. The summed E-state index contributed by atoms with van der Waals surface area (Å²) < 4.78 is 9.93. The number of ether oxygens (including phenoxy) is 1. The average Bonchev–Trinajstić information content (AvgIpc) is 2.94. The molecule has 2 rings (SSSR count). The molecule has 0 fully saturated rings. The molecule has 1 aromatic heterocycles. The summed E-state index contributed by atoms with van der Waals surface area (Å²) in [5.74, 6) is -0.518. The Morgan fingerprint density at radius 1 is 1.55 bits per heavy atom. The molecule has 1 N–H and O–H groups in total. The fraction of sp³-hybridized carbons (Fsp3) is 0.214. The van der Waals surface area contributed by atoms with Gasteiger partial charge in [-0.15, -0.1) is 0 Å². The van der Waals surface area contributed by atoms with Crippen molar-refractivity contribution in [2.24, 2.45) is 0 Å². The lowest BCUT2D eigenvalue weighted by molar-refractivity contribution is 0.0519. The van der Waals surface area contributed by atoms with Crippen LogP contribution in [-0.4, -0.2) is 17.6 Å². The van der Waals surface area contributed by atoms with E-state index in [1.165, 1.54) is 6.26 Å². The normalized spacial score (nSPS) is 9.80. The summed E-state index contributed by atoms with van der Waals surface area (Å²) in [7, 11) is 0. The van der Waals surface area contributed by atoms with E-state index in [0.29, 0.717) is 12.1 Å². The molecule has 2 aromatic rings. The lowest BCUT2D eigenvalue weighted by Gasteiger charge is -2.02. The molecule has 0 saturated heterocycles. The van der Waals surface area contributed by atoms with Gasteiger partial charge >= 0.3 is 5.97 Å². The molecule has 0 bridgehead atoms. The molecule has 0 spiro atoms. The molecule has 6 heteroatoms. The van der Waals surface area contributed by atoms with Crippen LogP contribution in [0.15, 0.2) is 34.9 Å². The van der Waals surface area contributed by atoms with Crippen molar-refractivity contribution >= 4 is 12.0 Å². The van der Waals surface area contributed by atoms with Gasteiger partial charge in [-0.1, -0.05) is 12.1 Å². The second kappa shape index (κ2) is 6.38. The molecule has 0 unspecified atom stereocenters. The molecule has 0 aliphatic rings. The van der Waals surface area contributed by atoms with Crippen LogP contribution in [0.5, 0.6) is 0 Å².